The molecule has 0 aliphatic rings. The molecule has 0 aliphatic carbocycles. The highest BCUT2D eigenvalue weighted by Crippen LogP contribution is 2.29. The summed E-state index contributed by atoms with van der Waals surface area (Å²) >= 11 is 0. The van der Waals surface area contributed by atoms with E-state index in [1.165, 1.54) is 11.0 Å². The molecule has 0 heterocycles. The maximum Gasteiger partial charge on any atom is 0.416 e. The van der Waals surface area contributed by atoms with E-state index in [-0.39, 0.29) is 25.0 Å². The minimum atomic E-state index is -4.38. The maximum atomic E-state index is 12.6. The minimum Gasteiger partial charge on any atom is -0.335 e. The quantitative estimate of drug-likeness (QED) is 0.916. The second-order valence-electron chi connectivity index (χ2n) is 4.52. The number of alkyl halides is 3. The van der Waals surface area contributed by atoms with Gasteiger partial charge in [-0.3, -0.25) is 4.79 Å². The number of nitrogens with zero attached hydrogens (tertiary/aromatic N) is 1. The fourth-order valence-corrected chi connectivity index (χ4v) is 1.72. The normalized spacial score (nSPS) is 11.7. The molecule has 0 saturated carbocycles. The zero-order valence-corrected chi connectivity index (χ0v) is 10.9. The van der Waals surface area contributed by atoms with Gasteiger partial charge in [-0.15, -0.1) is 0 Å². The Labute approximate surface area is 110 Å². The van der Waals surface area contributed by atoms with Crippen LogP contribution in [0.25, 0.3) is 0 Å². The van der Waals surface area contributed by atoms with Gasteiger partial charge >= 0.3 is 6.18 Å². The van der Waals surface area contributed by atoms with Crippen LogP contribution in [-0.4, -0.2) is 23.4 Å². The zero-order chi connectivity index (χ0) is 14.6. The summed E-state index contributed by atoms with van der Waals surface area (Å²) in [5, 5.41) is 0. The summed E-state index contributed by atoms with van der Waals surface area (Å²) in [7, 11) is 0. The van der Waals surface area contributed by atoms with Gasteiger partial charge in [0.2, 0.25) is 5.91 Å². The average molecular weight is 274 g/mol. The van der Waals surface area contributed by atoms with E-state index in [0.717, 1.165) is 12.1 Å². The van der Waals surface area contributed by atoms with Crippen LogP contribution in [0.4, 0.5) is 13.2 Å². The molecule has 2 N–H and O–H groups in total. The van der Waals surface area contributed by atoms with Crippen LogP contribution in [0.2, 0.25) is 0 Å². The number of hydrogen-bond donors (Lipinski definition) is 1. The van der Waals surface area contributed by atoms with Crippen molar-refractivity contribution >= 4 is 5.91 Å². The van der Waals surface area contributed by atoms with Gasteiger partial charge in [0.05, 0.1) is 12.1 Å². The van der Waals surface area contributed by atoms with Gasteiger partial charge in [0.25, 0.3) is 0 Å². The van der Waals surface area contributed by atoms with Crippen LogP contribution in [0.5, 0.6) is 0 Å². The Bertz CT molecular complexity index is 444. The van der Waals surface area contributed by atoms with E-state index in [4.69, 9.17) is 5.73 Å². The van der Waals surface area contributed by atoms with Crippen molar-refractivity contribution in [3.8, 4) is 0 Å². The van der Waals surface area contributed by atoms with Gasteiger partial charge in [0.1, 0.15) is 0 Å². The molecule has 1 amide bonds. The van der Waals surface area contributed by atoms with E-state index in [9.17, 15) is 18.0 Å². The Balaban J connectivity index is 2.95. The second-order valence-corrected chi connectivity index (χ2v) is 4.52. The predicted molar refractivity (Wildman–Crippen MR) is 66.2 cm³/mol. The van der Waals surface area contributed by atoms with Gasteiger partial charge in [-0.2, -0.15) is 13.2 Å². The van der Waals surface area contributed by atoms with Crippen molar-refractivity contribution in [3.63, 3.8) is 0 Å². The van der Waals surface area contributed by atoms with Gasteiger partial charge in [0, 0.05) is 12.6 Å². The first-order valence-electron chi connectivity index (χ1n) is 5.91. The molecule has 19 heavy (non-hydrogen) atoms. The smallest absolute Gasteiger partial charge is 0.335 e. The molecule has 0 aromatic heterocycles. The summed E-state index contributed by atoms with van der Waals surface area (Å²) in [6, 6.07) is 4.84. The molecule has 0 radical (unpaired) electrons. The fraction of sp³-hybridized carbons (Fsp3) is 0.462. The Morgan fingerprint density at radius 3 is 2.47 bits per heavy atom. The molecule has 0 unspecified atom stereocenters. The first-order valence-corrected chi connectivity index (χ1v) is 5.91. The van der Waals surface area contributed by atoms with Crippen LogP contribution in [0.3, 0.4) is 0 Å². The van der Waals surface area contributed by atoms with Crippen molar-refractivity contribution in [2.45, 2.75) is 32.6 Å². The number of rotatable bonds is 4. The van der Waals surface area contributed by atoms with Crippen molar-refractivity contribution in [3.05, 3.63) is 35.4 Å². The molecule has 0 fully saturated rings. The SMILES string of the molecule is CC(C)N(Cc1cccc(C(F)(F)F)c1)C(=O)CN. The molecule has 106 valence electrons. The Morgan fingerprint density at radius 2 is 2.00 bits per heavy atom. The Hall–Kier alpha value is -1.56. The molecule has 1 aromatic carbocycles. The third-order valence-corrected chi connectivity index (χ3v) is 2.73. The van der Waals surface area contributed by atoms with Crippen LogP contribution in [0, 0.1) is 0 Å². The number of carbonyl (C=O) groups is 1. The van der Waals surface area contributed by atoms with Crippen LogP contribution in [0.15, 0.2) is 24.3 Å². The maximum absolute atomic E-state index is 12.6. The number of carbonyl (C=O) groups excluding carboxylic acids is 1. The van der Waals surface area contributed by atoms with Crippen molar-refractivity contribution in [1.29, 1.82) is 0 Å². The number of halogens is 3. The molecule has 1 rings (SSSR count). The third kappa shape index (κ3) is 4.24. The fourth-order valence-electron chi connectivity index (χ4n) is 1.72. The lowest BCUT2D eigenvalue weighted by molar-refractivity contribution is -0.137. The number of hydrogen-bond acceptors (Lipinski definition) is 2. The molecule has 0 bridgehead atoms. The number of amides is 1. The Kier molecular flexibility index (Phi) is 4.94. The largest absolute Gasteiger partial charge is 0.416 e. The predicted octanol–water partition coefficient (Wildman–Crippen LogP) is 2.40. The molecular formula is C13H17F3N2O. The molecule has 0 aliphatic heterocycles. The van der Waals surface area contributed by atoms with E-state index in [1.807, 2.05) is 0 Å². The highest BCUT2D eigenvalue weighted by Gasteiger charge is 2.30. The molecule has 0 saturated heterocycles. The zero-order valence-electron chi connectivity index (χ0n) is 10.9. The second kappa shape index (κ2) is 6.06. The summed E-state index contributed by atoms with van der Waals surface area (Å²) in [4.78, 5) is 13.1. The standard InChI is InChI=1S/C13H17F3N2O/c1-9(2)18(12(19)7-17)8-10-4-3-5-11(6-10)13(14,15)16/h3-6,9H,7-8,17H2,1-2H3. The topological polar surface area (TPSA) is 46.3 Å². The van der Waals surface area contributed by atoms with Crippen molar-refractivity contribution in [2.75, 3.05) is 6.54 Å². The summed E-state index contributed by atoms with van der Waals surface area (Å²) in [5.74, 6) is -0.285. The van der Waals surface area contributed by atoms with Crippen LogP contribution < -0.4 is 5.73 Å². The average Bonchev–Trinajstić information content (AvgIpc) is 2.34. The molecule has 3 nitrogen and oxygen atoms in total. The van der Waals surface area contributed by atoms with E-state index < -0.39 is 11.7 Å². The lowest BCUT2D eigenvalue weighted by Crippen LogP contribution is -2.40. The van der Waals surface area contributed by atoms with E-state index >= 15 is 0 Å². The first kappa shape index (κ1) is 15.5. The molecule has 0 atom stereocenters. The van der Waals surface area contributed by atoms with Crippen LogP contribution in [-0.2, 0) is 17.5 Å². The van der Waals surface area contributed by atoms with Gasteiger partial charge in [-0.1, -0.05) is 12.1 Å². The van der Waals surface area contributed by atoms with Gasteiger partial charge in [0.15, 0.2) is 0 Å². The summed E-state index contributed by atoms with van der Waals surface area (Å²) in [5.41, 5.74) is 5.01. The summed E-state index contributed by atoms with van der Waals surface area (Å²) in [6.07, 6.45) is -4.38. The third-order valence-electron chi connectivity index (χ3n) is 2.73. The van der Waals surface area contributed by atoms with E-state index in [2.05, 4.69) is 0 Å². The monoisotopic (exact) mass is 274 g/mol. The number of benzene rings is 1. The van der Waals surface area contributed by atoms with Crippen LogP contribution >= 0.6 is 0 Å². The summed E-state index contributed by atoms with van der Waals surface area (Å²) < 4.78 is 37.8. The molecular weight excluding hydrogens is 257 g/mol. The molecule has 0 spiro atoms. The van der Waals surface area contributed by atoms with Crippen molar-refractivity contribution in [1.82, 2.24) is 4.90 Å². The van der Waals surface area contributed by atoms with Gasteiger partial charge in [-0.05, 0) is 31.5 Å². The lowest BCUT2D eigenvalue weighted by Gasteiger charge is -2.26. The van der Waals surface area contributed by atoms with E-state index in [0.29, 0.717) is 5.56 Å². The van der Waals surface area contributed by atoms with Crippen molar-refractivity contribution in [2.24, 2.45) is 5.73 Å². The summed E-state index contributed by atoms with van der Waals surface area (Å²) in [6.45, 7) is 3.55. The van der Waals surface area contributed by atoms with Gasteiger partial charge < -0.3 is 10.6 Å². The highest BCUT2D eigenvalue weighted by atomic mass is 19.4. The van der Waals surface area contributed by atoms with Gasteiger partial charge in [-0.25, -0.2) is 0 Å². The Morgan fingerprint density at radius 1 is 1.37 bits per heavy atom. The lowest BCUT2D eigenvalue weighted by atomic mass is 10.1. The molecule has 6 heteroatoms. The van der Waals surface area contributed by atoms with Crippen molar-refractivity contribution < 1.29 is 18.0 Å². The highest BCUT2D eigenvalue weighted by molar-refractivity contribution is 5.78. The number of nitrogens with two attached hydrogens (primary N) is 1. The van der Waals surface area contributed by atoms with E-state index in [1.54, 1.807) is 19.9 Å². The molecule has 1 aromatic rings. The first-order chi connectivity index (χ1) is 8.75. The minimum absolute atomic E-state index is 0.120. The van der Waals surface area contributed by atoms with Crippen LogP contribution in [0.1, 0.15) is 25.0 Å².